The number of carbonyl (C=O) groups is 2. The van der Waals surface area contributed by atoms with E-state index in [2.05, 4.69) is 5.32 Å². The lowest BCUT2D eigenvalue weighted by Gasteiger charge is -2.30. The van der Waals surface area contributed by atoms with Crippen LogP contribution >= 0.6 is 0 Å². The predicted molar refractivity (Wildman–Crippen MR) is 85.0 cm³/mol. The van der Waals surface area contributed by atoms with Crippen molar-refractivity contribution < 1.29 is 9.59 Å². The Bertz CT molecular complexity index is 607. The van der Waals surface area contributed by atoms with Crippen molar-refractivity contribution in [3.8, 4) is 0 Å². The van der Waals surface area contributed by atoms with Crippen molar-refractivity contribution in [3.63, 3.8) is 0 Å². The molecule has 2 aliphatic rings. The molecule has 0 spiro atoms. The summed E-state index contributed by atoms with van der Waals surface area (Å²) in [4.78, 5) is 26.5. The van der Waals surface area contributed by atoms with Crippen LogP contribution in [0.1, 0.15) is 37.7 Å². The Labute approximate surface area is 131 Å². The maximum atomic E-state index is 12.8. The molecule has 4 nitrogen and oxygen atoms in total. The Balaban J connectivity index is 1.84. The Morgan fingerprint density at radius 1 is 1.27 bits per heavy atom. The largest absolute Gasteiger partial charge is 0.359 e. The maximum Gasteiger partial charge on any atom is 0.251 e. The summed E-state index contributed by atoms with van der Waals surface area (Å²) in [6, 6.07) is 10.3. The van der Waals surface area contributed by atoms with Crippen LogP contribution in [0.2, 0.25) is 0 Å². The van der Waals surface area contributed by atoms with Gasteiger partial charge in [-0.25, -0.2) is 0 Å². The van der Waals surface area contributed by atoms with Gasteiger partial charge >= 0.3 is 0 Å². The average Bonchev–Trinajstić information content (AvgIpc) is 2.82. The van der Waals surface area contributed by atoms with Crippen LogP contribution in [0.4, 0.5) is 0 Å². The summed E-state index contributed by atoms with van der Waals surface area (Å²) in [7, 11) is 1.62. The molecule has 0 bridgehead atoms. The van der Waals surface area contributed by atoms with Crippen molar-refractivity contribution in [2.75, 3.05) is 7.05 Å². The van der Waals surface area contributed by atoms with Crippen molar-refractivity contribution in [3.05, 3.63) is 47.0 Å². The molecule has 4 heteroatoms. The highest BCUT2D eigenvalue weighted by Gasteiger charge is 2.40. The van der Waals surface area contributed by atoms with Gasteiger partial charge in [0.05, 0.1) is 12.5 Å². The Morgan fingerprint density at radius 2 is 2.05 bits per heavy atom. The molecule has 1 heterocycles. The fourth-order valence-corrected chi connectivity index (χ4v) is 3.54. The van der Waals surface area contributed by atoms with Crippen LogP contribution in [0.15, 0.2) is 41.5 Å². The van der Waals surface area contributed by atoms with Crippen molar-refractivity contribution >= 4 is 11.8 Å². The summed E-state index contributed by atoms with van der Waals surface area (Å²) in [5.74, 6) is -0.0314. The highest BCUT2D eigenvalue weighted by Crippen LogP contribution is 2.38. The lowest BCUT2D eigenvalue weighted by molar-refractivity contribution is -0.129. The second-order valence-electron chi connectivity index (χ2n) is 6.03. The zero-order chi connectivity index (χ0) is 15.5. The zero-order valence-corrected chi connectivity index (χ0v) is 13.0. The van der Waals surface area contributed by atoms with Gasteiger partial charge in [0.1, 0.15) is 0 Å². The van der Waals surface area contributed by atoms with Crippen LogP contribution in [-0.2, 0) is 16.1 Å². The van der Waals surface area contributed by atoms with Gasteiger partial charge in [-0.1, -0.05) is 36.8 Å². The molecule has 116 valence electrons. The lowest BCUT2D eigenvalue weighted by Crippen LogP contribution is -2.36. The maximum absolute atomic E-state index is 12.8. The summed E-state index contributed by atoms with van der Waals surface area (Å²) in [6.07, 6.45) is 4.46. The van der Waals surface area contributed by atoms with E-state index < -0.39 is 0 Å². The van der Waals surface area contributed by atoms with Crippen molar-refractivity contribution in [2.45, 2.75) is 44.7 Å². The minimum Gasteiger partial charge on any atom is -0.359 e. The van der Waals surface area contributed by atoms with Crippen LogP contribution in [0.5, 0.6) is 0 Å². The number of benzene rings is 1. The molecule has 2 amide bonds. The molecular weight excluding hydrogens is 276 g/mol. The third kappa shape index (κ3) is 2.78. The van der Waals surface area contributed by atoms with Gasteiger partial charge in [-0.05, 0) is 30.4 Å². The summed E-state index contributed by atoms with van der Waals surface area (Å²) in [6.45, 7) is 0.630. The molecule has 0 aromatic heterocycles. The Morgan fingerprint density at radius 3 is 2.77 bits per heavy atom. The van der Waals surface area contributed by atoms with Gasteiger partial charge in [0.2, 0.25) is 5.91 Å². The molecule has 1 saturated carbocycles. The van der Waals surface area contributed by atoms with Gasteiger partial charge in [0.25, 0.3) is 5.91 Å². The Kier molecular flexibility index (Phi) is 4.27. The number of fused-ring (bicyclic) bond motifs is 1. The minimum atomic E-state index is -0.0817. The van der Waals surface area contributed by atoms with Gasteiger partial charge in [-0.3, -0.25) is 9.59 Å². The monoisotopic (exact) mass is 298 g/mol. The van der Waals surface area contributed by atoms with Crippen molar-refractivity contribution in [1.29, 1.82) is 0 Å². The van der Waals surface area contributed by atoms with E-state index in [0.717, 1.165) is 36.8 Å². The molecule has 3 rings (SSSR count). The SMILES string of the molecule is CNC(=O)CC1=C2CCCCC2N(Cc2ccccc2)C1=O. The molecule has 1 N–H and O–H groups in total. The van der Waals surface area contributed by atoms with Crippen molar-refractivity contribution in [2.24, 2.45) is 0 Å². The molecule has 1 unspecified atom stereocenters. The van der Waals surface area contributed by atoms with E-state index in [4.69, 9.17) is 0 Å². The van der Waals surface area contributed by atoms with Crippen LogP contribution in [0, 0.1) is 0 Å². The van der Waals surface area contributed by atoms with Gasteiger partial charge in [-0.2, -0.15) is 0 Å². The van der Waals surface area contributed by atoms with E-state index in [1.165, 1.54) is 5.57 Å². The minimum absolute atomic E-state index is 0.0503. The normalized spacial score (nSPS) is 21.0. The number of amides is 2. The standard InChI is InChI=1S/C18H22N2O2/c1-19-17(21)11-15-14-9-5-6-10-16(14)20(18(15)22)12-13-7-3-2-4-8-13/h2-4,7-8,16H,5-6,9-12H2,1H3,(H,19,21). The van der Waals surface area contributed by atoms with E-state index in [1.54, 1.807) is 7.05 Å². The molecule has 1 aliphatic heterocycles. The number of rotatable bonds is 4. The Hall–Kier alpha value is -2.10. The number of hydrogen-bond donors (Lipinski definition) is 1. The summed E-state index contributed by atoms with van der Waals surface area (Å²) in [5.41, 5.74) is 3.08. The molecule has 1 aromatic carbocycles. The first kappa shape index (κ1) is 14.8. The zero-order valence-electron chi connectivity index (χ0n) is 13.0. The molecule has 0 radical (unpaired) electrons. The lowest BCUT2D eigenvalue weighted by atomic mass is 9.88. The molecule has 1 atom stereocenters. The predicted octanol–water partition coefficient (Wildman–Crippen LogP) is 2.40. The topological polar surface area (TPSA) is 49.4 Å². The third-order valence-electron chi connectivity index (χ3n) is 4.67. The summed E-state index contributed by atoms with van der Waals surface area (Å²) >= 11 is 0. The third-order valence-corrected chi connectivity index (χ3v) is 4.67. The highest BCUT2D eigenvalue weighted by molar-refractivity contribution is 6.02. The van der Waals surface area contributed by atoms with Crippen LogP contribution in [0.25, 0.3) is 0 Å². The fourth-order valence-electron chi connectivity index (χ4n) is 3.54. The van der Waals surface area contributed by atoms with E-state index >= 15 is 0 Å². The van der Waals surface area contributed by atoms with Crippen LogP contribution in [0.3, 0.4) is 0 Å². The van der Waals surface area contributed by atoms with Crippen LogP contribution in [-0.4, -0.2) is 29.8 Å². The molecule has 0 saturated heterocycles. The fraction of sp³-hybridized carbons (Fsp3) is 0.444. The smallest absolute Gasteiger partial charge is 0.251 e. The molecular formula is C18H22N2O2. The van der Waals surface area contributed by atoms with Gasteiger partial charge in [0.15, 0.2) is 0 Å². The highest BCUT2D eigenvalue weighted by atomic mass is 16.2. The van der Waals surface area contributed by atoms with Gasteiger partial charge in [-0.15, -0.1) is 0 Å². The summed E-state index contributed by atoms with van der Waals surface area (Å²) < 4.78 is 0. The number of carbonyl (C=O) groups excluding carboxylic acids is 2. The van der Waals surface area contributed by atoms with Crippen LogP contribution < -0.4 is 5.32 Å². The van der Waals surface area contributed by atoms with E-state index in [-0.39, 0.29) is 24.3 Å². The van der Waals surface area contributed by atoms with E-state index in [9.17, 15) is 9.59 Å². The van der Waals surface area contributed by atoms with Gasteiger partial charge in [0, 0.05) is 19.2 Å². The van der Waals surface area contributed by atoms with Crippen molar-refractivity contribution in [1.82, 2.24) is 10.2 Å². The first-order valence-electron chi connectivity index (χ1n) is 7.98. The molecule has 22 heavy (non-hydrogen) atoms. The molecule has 1 aromatic rings. The second-order valence-corrected chi connectivity index (χ2v) is 6.03. The number of nitrogens with zero attached hydrogens (tertiary/aromatic N) is 1. The molecule has 1 aliphatic carbocycles. The quantitative estimate of drug-likeness (QED) is 0.928. The number of nitrogens with one attached hydrogen (secondary N) is 1. The van der Waals surface area contributed by atoms with E-state index in [1.807, 2.05) is 35.2 Å². The number of hydrogen-bond acceptors (Lipinski definition) is 2. The molecule has 1 fully saturated rings. The summed E-state index contributed by atoms with van der Waals surface area (Å²) in [5, 5.41) is 2.63. The average molecular weight is 298 g/mol. The van der Waals surface area contributed by atoms with E-state index in [0.29, 0.717) is 6.54 Å². The first-order chi connectivity index (χ1) is 10.7. The van der Waals surface area contributed by atoms with Gasteiger partial charge < -0.3 is 10.2 Å². The first-order valence-corrected chi connectivity index (χ1v) is 7.98. The second kappa shape index (κ2) is 6.34.